The van der Waals surface area contributed by atoms with Gasteiger partial charge in [0.1, 0.15) is 6.54 Å². The van der Waals surface area contributed by atoms with E-state index in [-0.39, 0.29) is 17.2 Å². The van der Waals surface area contributed by atoms with Crippen LogP contribution in [0.5, 0.6) is 0 Å². The lowest BCUT2D eigenvalue weighted by molar-refractivity contribution is -0.438. The Hall–Kier alpha value is -3.82. The molecule has 8 nitrogen and oxygen atoms in total. The number of benzene rings is 2. The third-order valence-electron chi connectivity index (χ3n) is 6.62. The van der Waals surface area contributed by atoms with E-state index in [2.05, 4.69) is 4.58 Å². The number of rotatable bonds is 12. The maximum Gasteiger partial charge on any atom is 0.294 e. The highest BCUT2D eigenvalue weighted by Crippen LogP contribution is 2.41. The Kier molecular flexibility index (Phi) is 9.77. The summed E-state index contributed by atoms with van der Waals surface area (Å²) in [5, 5.41) is 10.7. The molecular weight excluding hydrogens is 516 g/mol. The lowest BCUT2D eigenvalue weighted by atomic mass is 9.81. The third-order valence-corrected chi connectivity index (χ3v) is 7.47. The van der Waals surface area contributed by atoms with Crippen molar-refractivity contribution in [3.63, 3.8) is 0 Å². The van der Waals surface area contributed by atoms with Crippen molar-refractivity contribution in [3.8, 4) is 0 Å². The average molecular weight is 551 g/mol. The van der Waals surface area contributed by atoms with Crippen LogP contribution in [0.1, 0.15) is 52.0 Å². The van der Waals surface area contributed by atoms with Gasteiger partial charge < -0.3 is 9.90 Å². The van der Waals surface area contributed by atoms with Crippen LogP contribution in [-0.4, -0.2) is 41.7 Å². The number of anilines is 1. The van der Waals surface area contributed by atoms with Gasteiger partial charge in [0.2, 0.25) is 11.6 Å². The quantitative estimate of drug-likeness (QED) is 0.182. The van der Waals surface area contributed by atoms with E-state index in [4.69, 9.17) is 0 Å². The van der Waals surface area contributed by atoms with Gasteiger partial charge in [-0.25, -0.2) is 0 Å². The van der Waals surface area contributed by atoms with Gasteiger partial charge in [0, 0.05) is 48.9 Å². The molecule has 1 heterocycles. The van der Waals surface area contributed by atoms with Gasteiger partial charge in [-0.3, -0.25) is 14.2 Å². The van der Waals surface area contributed by atoms with Gasteiger partial charge in [-0.05, 0) is 63.5 Å². The van der Waals surface area contributed by atoms with Crippen LogP contribution in [0.4, 0.5) is 11.4 Å². The van der Waals surface area contributed by atoms with Crippen LogP contribution >= 0.6 is 0 Å². The molecule has 0 unspecified atom stereocenters. The Morgan fingerprint density at radius 3 is 2.33 bits per heavy atom. The number of amides is 1. The van der Waals surface area contributed by atoms with Crippen LogP contribution in [0.15, 0.2) is 90.0 Å². The van der Waals surface area contributed by atoms with E-state index >= 15 is 0 Å². The molecular formula is C30H34N2O6S. The first-order chi connectivity index (χ1) is 18.4. The first kappa shape index (κ1) is 29.7. The van der Waals surface area contributed by atoms with Crippen LogP contribution < -0.4 is 10.0 Å². The largest absolute Gasteiger partial charge is 0.550 e. The predicted octanol–water partition coefficient (Wildman–Crippen LogP) is 4.30. The molecule has 0 bridgehead atoms. The van der Waals surface area contributed by atoms with E-state index in [1.165, 1.54) is 19.1 Å². The lowest BCUT2D eigenvalue weighted by Crippen LogP contribution is -2.28. The zero-order valence-electron chi connectivity index (χ0n) is 22.4. The van der Waals surface area contributed by atoms with Crippen molar-refractivity contribution in [2.45, 2.75) is 56.8 Å². The Morgan fingerprint density at radius 2 is 1.69 bits per heavy atom. The zero-order valence-corrected chi connectivity index (χ0v) is 23.2. The van der Waals surface area contributed by atoms with Crippen LogP contribution in [0, 0.1) is 0 Å². The standard InChI is InChI=1S/C30H34N2O6S/c1-23(33)31(24-14-8-6-9-15-24)20-12-5-4-10-16-28-30(2,3)26-22-25(39(36,37)38)18-19-27(26)32(28)21-13-7-11-17-29(34)35/h4-6,8-10,12,14-16,18-20,22H,7,11,13,17,21H2,1-3H3,(H-,34,35,36,37,38). The molecule has 0 spiro atoms. The number of para-hydroxylation sites is 1. The number of carboxylic acids is 1. The second-order valence-electron chi connectivity index (χ2n) is 9.81. The normalized spacial score (nSPS) is 15.0. The summed E-state index contributed by atoms with van der Waals surface area (Å²) in [5.74, 6) is -1.17. The Morgan fingerprint density at radius 1 is 1.00 bits per heavy atom. The molecule has 9 heteroatoms. The zero-order chi connectivity index (χ0) is 28.6. The van der Waals surface area contributed by atoms with Crippen molar-refractivity contribution in [2.75, 3.05) is 11.4 Å². The van der Waals surface area contributed by atoms with Crippen LogP contribution in [0.25, 0.3) is 0 Å². The highest BCUT2D eigenvalue weighted by molar-refractivity contribution is 7.85. The molecule has 0 aliphatic carbocycles. The summed E-state index contributed by atoms with van der Waals surface area (Å²) in [6.45, 7) is 6.09. The molecule has 1 aliphatic rings. The molecule has 2 aromatic carbocycles. The Labute approximate surface area is 230 Å². The van der Waals surface area contributed by atoms with E-state index in [0.29, 0.717) is 19.4 Å². The van der Waals surface area contributed by atoms with E-state index in [1.54, 1.807) is 23.2 Å². The van der Waals surface area contributed by atoms with E-state index in [9.17, 15) is 27.7 Å². The van der Waals surface area contributed by atoms with Crippen LogP contribution in [0.3, 0.4) is 0 Å². The molecule has 0 saturated heterocycles. The summed E-state index contributed by atoms with van der Waals surface area (Å²) in [7, 11) is -4.36. The van der Waals surface area contributed by atoms with Gasteiger partial charge >= 0.3 is 0 Å². The fraction of sp³-hybridized carbons (Fsp3) is 0.300. The van der Waals surface area contributed by atoms with Crippen molar-refractivity contribution in [1.29, 1.82) is 0 Å². The summed E-state index contributed by atoms with van der Waals surface area (Å²) >= 11 is 0. The Balaban J connectivity index is 1.85. The molecule has 3 rings (SSSR count). The number of aliphatic carboxylic acids is 1. The number of nitrogens with zero attached hydrogens (tertiary/aromatic N) is 2. The lowest BCUT2D eigenvalue weighted by Gasteiger charge is -2.16. The minimum atomic E-state index is -4.36. The molecule has 2 aromatic rings. The predicted molar refractivity (Wildman–Crippen MR) is 150 cm³/mol. The first-order valence-corrected chi connectivity index (χ1v) is 14.2. The monoisotopic (exact) mass is 550 g/mol. The molecule has 39 heavy (non-hydrogen) atoms. The fourth-order valence-corrected chi connectivity index (χ4v) is 5.15. The molecule has 1 amide bonds. The fourth-order valence-electron chi connectivity index (χ4n) is 4.64. The van der Waals surface area contributed by atoms with Crippen molar-refractivity contribution >= 4 is 39.1 Å². The van der Waals surface area contributed by atoms with Gasteiger partial charge in [-0.15, -0.1) is 0 Å². The van der Waals surface area contributed by atoms with Crippen LogP contribution in [0.2, 0.25) is 0 Å². The molecule has 0 saturated carbocycles. The van der Waals surface area contributed by atoms with Gasteiger partial charge in [0.25, 0.3) is 10.1 Å². The second kappa shape index (κ2) is 12.8. The molecule has 206 valence electrons. The molecule has 1 aliphatic heterocycles. The van der Waals surface area contributed by atoms with Crippen molar-refractivity contribution < 1.29 is 32.2 Å². The van der Waals surface area contributed by atoms with Gasteiger partial charge in [-0.2, -0.15) is 13.0 Å². The minimum absolute atomic E-state index is 0.0138. The topological polar surface area (TPSA) is 118 Å². The summed E-state index contributed by atoms with van der Waals surface area (Å²) in [4.78, 5) is 24.2. The number of carboxylic acid groups (broad SMARTS) is 1. The number of carbonyl (C=O) groups is 2. The molecule has 0 atom stereocenters. The van der Waals surface area contributed by atoms with Gasteiger partial charge in [0.15, 0.2) is 5.71 Å². The summed E-state index contributed by atoms with van der Waals surface area (Å²) in [6, 6.07) is 13.9. The van der Waals surface area contributed by atoms with E-state index in [1.807, 2.05) is 68.5 Å². The number of hydrogen-bond donors (Lipinski definition) is 1. The maximum atomic E-state index is 12.0. The van der Waals surface area contributed by atoms with Crippen molar-refractivity contribution in [1.82, 2.24) is 0 Å². The highest BCUT2D eigenvalue weighted by atomic mass is 32.2. The second-order valence-corrected chi connectivity index (χ2v) is 11.2. The van der Waals surface area contributed by atoms with E-state index in [0.717, 1.165) is 29.1 Å². The van der Waals surface area contributed by atoms with Crippen molar-refractivity contribution in [2.24, 2.45) is 0 Å². The first-order valence-electron chi connectivity index (χ1n) is 12.8. The van der Waals surface area contributed by atoms with E-state index < -0.39 is 21.5 Å². The van der Waals surface area contributed by atoms with Gasteiger partial charge in [0.05, 0.1) is 10.3 Å². The SMILES string of the molecule is CC(=O)N(/C=C/C=C/C=C/C1=[N+](CCCCCC(=O)[O-])c2ccc(S(=O)(=O)O)cc2C1(C)C)c1ccccc1. The number of carbonyl (C=O) groups excluding carboxylic acids is 2. The highest BCUT2D eigenvalue weighted by Gasteiger charge is 2.44. The Bertz CT molecular complexity index is 1440. The third kappa shape index (κ3) is 7.61. The van der Waals surface area contributed by atoms with Gasteiger partial charge in [-0.1, -0.05) is 36.4 Å². The minimum Gasteiger partial charge on any atom is -0.550 e. The summed E-state index contributed by atoms with van der Waals surface area (Å²) < 4.78 is 35.3. The van der Waals surface area contributed by atoms with Crippen LogP contribution in [-0.2, 0) is 25.1 Å². The summed E-state index contributed by atoms with van der Waals surface area (Å²) in [6.07, 6.45) is 12.9. The number of unbranched alkanes of at least 4 members (excludes halogenated alkanes) is 2. The average Bonchev–Trinajstić information content (AvgIpc) is 3.08. The molecule has 0 fully saturated rings. The molecule has 0 aromatic heterocycles. The smallest absolute Gasteiger partial charge is 0.294 e. The maximum absolute atomic E-state index is 12.0. The summed E-state index contributed by atoms with van der Waals surface area (Å²) in [5.41, 5.74) is 2.77. The molecule has 1 N–H and O–H groups in total. The number of fused-ring (bicyclic) bond motifs is 1. The number of allylic oxidation sites excluding steroid dienone is 5. The number of hydrogen-bond acceptors (Lipinski definition) is 5. The van der Waals surface area contributed by atoms with Crippen molar-refractivity contribution in [3.05, 3.63) is 90.7 Å². The molecule has 0 radical (unpaired) electrons.